The Balaban J connectivity index is 2.91. The zero-order valence-corrected chi connectivity index (χ0v) is 15.4. The Hall–Kier alpha value is -1.71. The van der Waals surface area contributed by atoms with E-state index in [4.69, 9.17) is 9.47 Å². The van der Waals surface area contributed by atoms with Gasteiger partial charge >= 0.3 is 0 Å². The molecule has 0 aliphatic heterocycles. The minimum atomic E-state index is -0.403. The number of benzene rings is 1. The molecule has 1 aromatic rings. The van der Waals surface area contributed by atoms with Gasteiger partial charge in [-0.15, -0.1) is 0 Å². The molecule has 0 aromatic heterocycles. The quantitative estimate of drug-likeness (QED) is 0.767. The lowest BCUT2D eigenvalue weighted by molar-refractivity contribution is -0.129. The zero-order valence-electron chi connectivity index (χ0n) is 15.4. The summed E-state index contributed by atoms with van der Waals surface area (Å²) in [5.41, 5.74) is 0.609. The smallest absolute Gasteiger partial charge is 0.225 e. The maximum absolute atomic E-state index is 12.1. The molecule has 23 heavy (non-hydrogen) atoms. The lowest BCUT2D eigenvalue weighted by Crippen LogP contribution is -2.36. The van der Waals surface area contributed by atoms with Gasteiger partial charge < -0.3 is 14.8 Å². The van der Waals surface area contributed by atoms with Gasteiger partial charge in [0, 0.05) is 5.41 Å². The van der Waals surface area contributed by atoms with E-state index in [1.165, 1.54) is 0 Å². The van der Waals surface area contributed by atoms with E-state index in [0.29, 0.717) is 13.2 Å². The van der Waals surface area contributed by atoms with Crippen molar-refractivity contribution in [3.63, 3.8) is 0 Å². The molecule has 0 saturated carbocycles. The molecule has 130 valence electrons. The fraction of sp³-hybridized carbons (Fsp3) is 0.632. The summed E-state index contributed by atoms with van der Waals surface area (Å²) in [7, 11) is 0. The Labute approximate surface area is 140 Å². The predicted octanol–water partition coefficient (Wildman–Crippen LogP) is 4.49. The first kappa shape index (κ1) is 19.3. The molecule has 4 heteroatoms. The highest BCUT2D eigenvalue weighted by molar-refractivity contribution is 5.81. The zero-order chi connectivity index (χ0) is 17.5. The van der Waals surface area contributed by atoms with Gasteiger partial charge in [0.25, 0.3) is 0 Å². The molecule has 0 fully saturated rings. The van der Waals surface area contributed by atoms with Gasteiger partial charge in [-0.3, -0.25) is 4.79 Å². The number of nitrogens with one attached hydrogen (secondary N) is 1. The summed E-state index contributed by atoms with van der Waals surface area (Å²) in [6.07, 6.45) is 1.89. The van der Waals surface area contributed by atoms with Crippen molar-refractivity contribution in [1.29, 1.82) is 0 Å². The van der Waals surface area contributed by atoms with E-state index in [2.05, 4.69) is 19.2 Å². The fourth-order valence-electron chi connectivity index (χ4n) is 1.95. The van der Waals surface area contributed by atoms with Crippen molar-refractivity contribution in [2.24, 2.45) is 5.41 Å². The van der Waals surface area contributed by atoms with Crippen molar-refractivity contribution < 1.29 is 14.3 Å². The topological polar surface area (TPSA) is 47.6 Å². The average molecular weight is 321 g/mol. The van der Waals surface area contributed by atoms with Gasteiger partial charge in [-0.25, -0.2) is 0 Å². The van der Waals surface area contributed by atoms with Crippen LogP contribution in [0.1, 0.15) is 66.0 Å². The Morgan fingerprint density at radius 3 is 2.17 bits per heavy atom. The first-order valence-corrected chi connectivity index (χ1v) is 8.50. The van der Waals surface area contributed by atoms with Gasteiger partial charge in [-0.2, -0.15) is 0 Å². The lowest BCUT2D eigenvalue weighted by Gasteiger charge is -2.23. The molecule has 1 N–H and O–H groups in total. The van der Waals surface area contributed by atoms with E-state index in [0.717, 1.165) is 29.9 Å². The molecule has 0 bridgehead atoms. The van der Waals surface area contributed by atoms with Crippen LogP contribution in [0.5, 0.6) is 11.5 Å². The number of amides is 1. The number of hydrogen-bond acceptors (Lipinski definition) is 3. The molecule has 1 rings (SSSR count). The maximum Gasteiger partial charge on any atom is 0.225 e. The van der Waals surface area contributed by atoms with E-state index in [9.17, 15) is 4.79 Å². The van der Waals surface area contributed by atoms with E-state index in [-0.39, 0.29) is 11.9 Å². The Kier molecular flexibility index (Phi) is 7.40. The van der Waals surface area contributed by atoms with Crippen molar-refractivity contribution in [2.75, 3.05) is 13.2 Å². The van der Waals surface area contributed by atoms with Crippen LogP contribution in [0.15, 0.2) is 18.2 Å². The number of ether oxygens (including phenoxy) is 2. The molecule has 0 spiro atoms. The van der Waals surface area contributed by atoms with Crippen molar-refractivity contribution >= 4 is 5.91 Å². The van der Waals surface area contributed by atoms with Gasteiger partial charge in [-0.05, 0) is 37.5 Å². The molecule has 1 amide bonds. The van der Waals surface area contributed by atoms with Crippen molar-refractivity contribution in [2.45, 2.75) is 60.4 Å². The third-order valence-corrected chi connectivity index (χ3v) is 3.42. The summed E-state index contributed by atoms with van der Waals surface area (Å²) in [4.78, 5) is 12.1. The number of carbonyl (C=O) groups excluding carboxylic acids is 1. The van der Waals surface area contributed by atoms with E-state index in [1.807, 2.05) is 45.9 Å². The molecule has 1 aromatic carbocycles. The van der Waals surface area contributed by atoms with Crippen LogP contribution in [-0.2, 0) is 4.79 Å². The Morgan fingerprint density at radius 2 is 1.65 bits per heavy atom. The van der Waals surface area contributed by atoms with Crippen LogP contribution < -0.4 is 14.8 Å². The molecular formula is C19H31NO3. The highest BCUT2D eigenvalue weighted by atomic mass is 16.5. The van der Waals surface area contributed by atoms with Gasteiger partial charge in [0.05, 0.1) is 19.3 Å². The molecule has 4 nitrogen and oxygen atoms in total. The third-order valence-electron chi connectivity index (χ3n) is 3.42. The predicted molar refractivity (Wildman–Crippen MR) is 94.0 cm³/mol. The van der Waals surface area contributed by atoms with Gasteiger partial charge in [0.2, 0.25) is 5.91 Å². The van der Waals surface area contributed by atoms with Crippen LogP contribution in [0, 0.1) is 5.41 Å². The summed E-state index contributed by atoms with van der Waals surface area (Å²) in [6, 6.07) is 5.80. The minimum Gasteiger partial charge on any atom is -0.490 e. The van der Waals surface area contributed by atoms with Crippen LogP contribution in [-0.4, -0.2) is 19.1 Å². The van der Waals surface area contributed by atoms with Crippen molar-refractivity contribution in [3.8, 4) is 11.5 Å². The van der Waals surface area contributed by atoms with Gasteiger partial charge in [-0.1, -0.05) is 40.7 Å². The fourth-order valence-corrected chi connectivity index (χ4v) is 1.95. The van der Waals surface area contributed by atoms with E-state index in [1.54, 1.807) is 0 Å². The monoisotopic (exact) mass is 321 g/mol. The largest absolute Gasteiger partial charge is 0.490 e. The molecule has 1 unspecified atom stereocenters. The number of rotatable bonds is 8. The summed E-state index contributed by atoms with van der Waals surface area (Å²) >= 11 is 0. The first-order valence-electron chi connectivity index (χ1n) is 8.50. The Morgan fingerprint density at radius 1 is 1.09 bits per heavy atom. The van der Waals surface area contributed by atoms with E-state index < -0.39 is 5.41 Å². The molecule has 0 heterocycles. The number of carbonyl (C=O) groups is 1. The second-order valence-corrected chi connectivity index (χ2v) is 6.85. The molecule has 1 atom stereocenters. The van der Waals surface area contributed by atoms with Crippen LogP contribution in [0.3, 0.4) is 0 Å². The van der Waals surface area contributed by atoms with Crippen LogP contribution in [0.2, 0.25) is 0 Å². The van der Waals surface area contributed by atoms with E-state index >= 15 is 0 Å². The third kappa shape index (κ3) is 6.12. The summed E-state index contributed by atoms with van der Waals surface area (Å²) in [6.45, 7) is 13.2. The highest BCUT2D eigenvalue weighted by Gasteiger charge is 2.23. The normalized spacial score (nSPS) is 12.6. The van der Waals surface area contributed by atoms with Gasteiger partial charge in [0.15, 0.2) is 11.5 Å². The first-order chi connectivity index (χ1) is 10.8. The van der Waals surface area contributed by atoms with Crippen molar-refractivity contribution in [3.05, 3.63) is 23.8 Å². The van der Waals surface area contributed by atoms with Gasteiger partial charge in [0.1, 0.15) is 0 Å². The van der Waals surface area contributed by atoms with Crippen LogP contribution in [0.25, 0.3) is 0 Å². The summed E-state index contributed by atoms with van der Waals surface area (Å²) in [5.74, 6) is 1.54. The number of hydrogen-bond donors (Lipinski definition) is 1. The summed E-state index contributed by atoms with van der Waals surface area (Å²) in [5, 5.41) is 3.05. The second-order valence-electron chi connectivity index (χ2n) is 6.85. The standard InChI is InChI=1S/C19H31NO3/c1-7-11-22-16-10-9-15(13-17(16)23-12-8-2)14(3)20-18(21)19(4,5)6/h9-10,13-14H,7-8,11-12H2,1-6H3,(H,20,21). The van der Waals surface area contributed by atoms with Crippen molar-refractivity contribution in [1.82, 2.24) is 5.32 Å². The SMILES string of the molecule is CCCOc1ccc(C(C)NC(=O)C(C)(C)C)cc1OCCC. The summed E-state index contributed by atoms with van der Waals surface area (Å²) < 4.78 is 11.5. The average Bonchev–Trinajstić information content (AvgIpc) is 2.50. The Bertz CT molecular complexity index is 506. The molecule has 0 saturated heterocycles. The molecule has 0 aliphatic rings. The van der Waals surface area contributed by atoms with Crippen LogP contribution >= 0.6 is 0 Å². The van der Waals surface area contributed by atoms with Crippen LogP contribution in [0.4, 0.5) is 0 Å². The highest BCUT2D eigenvalue weighted by Crippen LogP contribution is 2.31. The minimum absolute atomic E-state index is 0.0346. The molecule has 0 aliphatic carbocycles. The molecule has 0 radical (unpaired) electrons. The second kappa shape index (κ2) is 8.80. The molecular weight excluding hydrogens is 290 g/mol. The lowest BCUT2D eigenvalue weighted by atomic mass is 9.94. The maximum atomic E-state index is 12.1.